The molecule has 0 aromatic heterocycles. The van der Waals surface area contributed by atoms with Crippen LogP contribution < -0.4 is 18.9 Å². The van der Waals surface area contributed by atoms with Crippen LogP contribution in [0.15, 0.2) is 42.5 Å². The Morgan fingerprint density at radius 2 is 1.43 bits per heavy atom. The average Bonchev–Trinajstić information content (AvgIpc) is 2.74. The Morgan fingerprint density at radius 1 is 0.857 bits per heavy atom. The number of hydrogen-bond donors (Lipinski definition) is 0. The van der Waals surface area contributed by atoms with Crippen LogP contribution in [0, 0.1) is 0 Å². The molecule has 0 heterocycles. The molecule has 0 saturated carbocycles. The predicted octanol–water partition coefficient (Wildman–Crippen LogP) is 3.44. The van der Waals surface area contributed by atoms with Gasteiger partial charge < -0.3 is 23.8 Å². The molecule has 0 atom stereocenters. The molecule has 2 rings (SSSR count). The number of carbonyl (C=O) groups excluding carboxylic acids is 1. The van der Waals surface area contributed by atoms with Crippen LogP contribution in [0.4, 0.5) is 0 Å². The lowest BCUT2D eigenvalue weighted by Crippen LogP contribution is -2.27. The lowest BCUT2D eigenvalue weighted by Gasteiger charge is -2.16. The van der Waals surface area contributed by atoms with Gasteiger partial charge in [-0.05, 0) is 47.9 Å². The maximum atomic E-state index is 12.4. The first-order valence-electron chi connectivity index (χ1n) is 8.88. The van der Waals surface area contributed by atoms with Gasteiger partial charge in [-0.1, -0.05) is 12.1 Å². The summed E-state index contributed by atoms with van der Waals surface area (Å²) < 4.78 is 21.1. The number of nitrogens with zero attached hydrogens (tertiary/aromatic N) is 1. The summed E-state index contributed by atoms with van der Waals surface area (Å²) in [4.78, 5) is 14.1. The first-order chi connectivity index (χ1) is 13.5. The van der Waals surface area contributed by atoms with Crippen LogP contribution >= 0.6 is 0 Å². The van der Waals surface area contributed by atoms with Crippen molar-refractivity contribution < 1.29 is 23.7 Å². The molecule has 0 N–H and O–H groups in total. The Labute approximate surface area is 166 Å². The predicted molar refractivity (Wildman–Crippen MR) is 109 cm³/mol. The molecule has 0 radical (unpaired) electrons. The number of rotatable bonds is 9. The van der Waals surface area contributed by atoms with Gasteiger partial charge in [0, 0.05) is 19.7 Å². The van der Waals surface area contributed by atoms with Crippen LogP contribution in [-0.2, 0) is 11.2 Å². The molecule has 0 aliphatic heterocycles. The molecule has 28 heavy (non-hydrogen) atoms. The lowest BCUT2D eigenvalue weighted by molar-refractivity contribution is -0.124. The number of benzene rings is 2. The van der Waals surface area contributed by atoms with E-state index in [-0.39, 0.29) is 5.91 Å². The minimum absolute atomic E-state index is 0.0738. The summed E-state index contributed by atoms with van der Waals surface area (Å²) >= 11 is 0. The van der Waals surface area contributed by atoms with E-state index >= 15 is 0 Å². The molecule has 0 saturated heterocycles. The first kappa shape index (κ1) is 21.2. The van der Waals surface area contributed by atoms with Gasteiger partial charge in [-0.15, -0.1) is 0 Å². The van der Waals surface area contributed by atoms with Gasteiger partial charge in [0.15, 0.2) is 23.0 Å². The summed E-state index contributed by atoms with van der Waals surface area (Å²) in [6.45, 7) is 0.588. The zero-order valence-corrected chi connectivity index (χ0v) is 17.0. The molecular weight excluding hydrogens is 358 g/mol. The summed E-state index contributed by atoms with van der Waals surface area (Å²) in [5.74, 6) is 2.57. The van der Waals surface area contributed by atoms with Gasteiger partial charge in [-0.25, -0.2) is 0 Å². The lowest BCUT2D eigenvalue weighted by atomic mass is 10.1. The van der Waals surface area contributed by atoms with Gasteiger partial charge in [-0.3, -0.25) is 4.79 Å². The second kappa shape index (κ2) is 10.3. The molecule has 2 aromatic rings. The third-order valence-corrected chi connectivity index (χ3v) is 4.39. The standard InChI is InChI=1S/C22H27NO5/c1-23(13-12-17-7-10-19(26-3)21(15-17)28-5)22(24)11-8-16-6-9-18(25-2)20(14-16)27-4/h6-11,14-15H,12-13H2,1-5H3/b11-8+. The largest absolute Gasteiger partial charge is 0.493 e. The number of carbonyl (C=O) groups is 1. The van der Waals surface area contributed by atoms with Crippen LogP contribution in [0.2, 0.25) is 0 Å². The van der Waals surface area contributed by atoms with Crippen LogP contribution in [-0.4, -0.2) is 52.8 Å². The van der Waals surface area contributed by atoms with E-state index in [0.29, 0.717) is 36.0 Å². The molecule has 1 amide bonds. The molecule has 150 valence electrons. The number of amides is 1. The molecule has 6 heteroatoms. The Kier molecular flexibility index (Phi) is 7.75. The van der Waals surface area contributed by atoms with Gasteiger partial charge in [0.1, 0.15) is 0 Å². The molecular formula is C22H27NO5. The minimum atomic E-state index is -0.0738. The van der Waals surface area contributed by atoms with E-state index < -0.39 is 0 Å². The zero-order valence-electron chi connectivity index (χ0n) is 17.0. The molecule has 0 aliphatic carbocycles. The summed E-state index contributed by atoms with van der Waals surface area (Å²) in [7, 11) is 8.16. The van der Waals surface area contributed by atoms with Crippen molar-refractivity contribution in [2.45, 2.75) is 6.42 Å². The van der Waals surface area contributed by atoms with Crippen molar-refractivity contribution in [1.82, 2.24) is 4.90 Å². The number of likely N-dealkylation sites (N-methyl/N-ethyl adjacent to an activating group) is 1. The Balaban J connectivity index is 1.96. The average molecular weight is 385 g/mol. The van der Waals surface area contributed by atoms with Crippen molar-refractivity contribution in [2.24, 2.45) is 0 Å². The van der Waals surface area contributed by atoms with Crippen LogP contribution in [0.1, 0.15) is 11.1 Å². The van der Waals surface area contributed by atoms with E-state index in [0.717, 1.165) is 11.1 Å². The Morgan fingerprint density at radius 3 is 2.04 bits per heavy atom. The second-order valence-electron chi connectivity index (χ2n) is 6.15. The summed E-state index contributed by atoms with van der Waals surface area (Å²) in [5.41, 5.74) is 1.93. The second-order valence-corrected chi connectivity index (χ2v) is 6.15. The van der Waals surface area contributed by atoms with Crippen LogP contribution in [0.25, 0.3) is 6.08 Å². The Bertz CT molecular complexity index is 832. The third kappa shape index (κ3) is 5.42. The number of hydrogen-bond acceptors (Lipinski definition) is 5. The van der Waals surface area contributed by atoms with Crippen molar-refractivity contribution >= 4 is 12.0 Å². The minimum Gasteiger partial charge on any atom is -0.493 e. The SMILES string of the molecule is COc1ccc(/C=C/C(=O)N(C)CCc2ccc(OC)c(OC)c2)cc1OC. The summed E-state index contributed by atoms with van der Waals surface area (Å²) in [6.07, 6.45) is 4.03. The fourth-order valence-corrected chi connectivity index (χ4v) is 2.69. The van der Waals surface area contributed by atoms with E-state index in [2.05, 4.69) is 0 Å². The molecule has 0 fully saturated rings. The summed E-state index contributed by atoms with van der Waals surface area (Å²) in [5, 5.41) is 0. The summed E-state index contributed by atoms with van der Waals surface area (Å²) in [6, 6.07) is 11.3. The Hall–Kier alpha value is -3.15. The maximum absolute atomic E-state index is 12.4. The van der Waals surface area contributed by atoms with Crippen molar-refractivity contribution in [3.8, 4) is 23.0 Å². The highest BCUT2D eigenvalue weighted by atomic mass is 16.5. The zero-order chi connectivity index (χ0) is 20.5. The van der Waals surface area contributed by atoms with E-state index in [9.17, 15) is 4.79 Å². The molecule has 0 aliphatic rings. The maximum Gasteiger partial charge on any atom is 0.246 e. The molecule has 0 spiro atoms. The van der Waals surface area contributed by atoms with Crippen LogP contribution in [0.5, 0.6) is 23.0 Å². The molecule has 6 nitrogen and oxygen atoms in total. The molecule has 0 unspecified atom stereocenters. The van der Waals surface area contributed by atoms with Gasteiger partial charge in [0.25, 0.3) is 0 Å². The van der Waals surface area contributed by atoms with E-state index in [1.54, 1.807) is 52.5 Å². The number of ether oxygens (including phenoxy) is 4. The number of methoxy groups -OCH3 is 4. The van der Waals surface area contributed by atoms with E-state index in [1.807, 2.05) is 36.4 Å². The quantitative estimate of drug-likeness (QED) is 0.619. The van der Waals surface area contributed by atoms with Gasteiger partial charge in [0.05, 0.1) is 28.4 Å². The van der Waals surface area contributed by atoms with Crippen molar-refractivity contribution in [3.63, 3.8) is 0 Å². The highest BCUT2D eigenvalue weighted by molar-refractivity contribution is 5.91. The van der Waals surface area contributed by atoms with Crippen molar-refractivity contribution in [3.05, 3.63) is 53.6 Å². The highest BCUT2D eigenvalue weighted by Crippen LogP contribution is 2.28. The van der Waals surface area contributed by atoms with Gasteiger partial charge in [0.2, 0.25) is 5.91 Å². The fraction of sp³-hybridized carbons (Fsp3) is 0.318. The van der Waals surface area contributed by atoms with Gasteiger partial charge in [-0.2, -0.15) is 0 Å². The highest BCUT2D eigenvalue weighted by Gasteiger charge is 2.09. The van der Waals surface area contributed by atoms with Crippen molar-refractivity contribution in [2.75, 3.05) is 42.0 Å². The van der Waals surface area contributed by atoms with E-state index in [1.165, 1.54) is 0 Å². The smallest absolute Gasteiger partial charge is 0.246 e. The third-order valence-electron chi connectivity index (χ3n) is 4.39. The fourth-order valence-electron chi connectivity index (χ4n) is 2.69. The first-order valence-corrected chi connectivity index (χ1v) is 8.88. The van der Waals surface area contributed by atoms with Crippen molar-refractivity contribution in [1.29, 1.82) is 0 Å². The van der Waals surface area contributed by atoms with E-state index in [4.69, 9.17) is 18.9 Å². The molecule has 2 aromatic carbocycles. The normalized spacial score (nSPS) is 10.6. The van der Waals surface area contributed by atoms with Gasteiger partial charge >= 0.3 is 0 Å². The monoisotopic (exact) mass is 385 g/mol. The van der Waals surface area contributed by atoms with Crippen LogP contribution in [0.3, 0.4) is 0 Å². The molecule has 0 bridgehead atoms. The topological polar surface area (TPSA) is 57.2 Å².